The lowest BCUT2D eigenvalue weighted by Gasteiger charge is -2.17. The number of fused-ring (bicyclic) bond motifs is 3. The molecule has 0 saturated heterocycles. The molecule has 3 rings (SSSR count). The third kappa shape index (κ3) is 4.05. The summed E-state index contributed by atoms with van der Waals surface area (Å²) < 4.78 is 44.0. The topological polar surface area (TPSA) is 70.1 Å². The Morgan fingerprint density at radius 3 is 2.70 bits per heavy atom. The van der Waals surface area contributed by atoms with Crippen LogP contribution in [0.2, 0.25) is 0 Å². The molecule has 0 bridgehead atoms. The SMILES string of the molecule is Cc1cc2c(cc1OCC(N)CCC(F)(F)F)c(=O)n(C)c1cnccc21. The van der Waals surface area contributed by atoms with E-state index in [4.69, 9.17) is 10.5 Å². The summed E-state index contributed by atoms with van der Waals surface area (Å²) in [5, 5.41) is 2.14. The minimum atomic E-state index is -4.24. The Morgan fingerprint density at radius 2 is 2.00 bits per heavy atom. The van der Waals surface area contributed by atoms with Gasteiger partial charge in [-0.15, -0.1) is 0 Å². The van der Waals surface area contributed by atoms with Crippen LogP contribution in [0.5, 0.6) is 5.75 Å². The number of rotatable bonds is 5. The number of hydrogen-bond donors (Lipinski definition) is 1. The van der Waals surface area contributed by atoms with Crippen molar-refractivity contribution in [2.24, 2.45) is 12.8 Å². The van der Waals surface area contributed by atoms with E-state index in [2.05, 4.69) is 4.98 Å². The maximum Gasteiger partial charge on any atom is 0.389 e. The normalized spacial score (nSPS) is 13.3. The molecule has 2 N–H and O–H groups in total. The molecule has 144 valence electrons. The van der Waals surface area contributed by atoms with Crippen LogP contribution in [0.4, 0.5) is 13.2 Å². The van der Waals surface area contributed by atoms with Crippen LogP contribution in [0.15, 0.2) is 35.4 Å². The summed E-state index contributed by atoms with van der Waals surface area (Å²) in [6, 6.07) is 4.57. The lowest BCUT2D eigenvalue weighted by molar-refractivity contribution is -0.136. The van der Waals surface area contributed by atoms with Crippen molar-refractivity contribution < 1.29 is 17.9 Å². The molecule has 0 aliphatic rings. The third-order valence-electron chi connectivity index (χ3n) is 4.55. The molecule has 0 amide bonds. The van der Waals surface area contributed by atoms with E-state index in [1.165, 1.54) is 4.57 Å². The predicted octanol–water partition coefficient (Wildman–Crippen LogP) is 3.44. The fourth-order valence-electron chi connectivity index (χ4n) is 3.04. The number of alkyl halides is 3. The largest absolute Gasteiger partial charge is 0.492 e. The highest BCUT2D eigenvalue weighted by atomic mass is 19.4. The first-order valence-corrected chi connectivity index (χ1v) is 8.49. The molecule has 1 unspecified atom stereocenters. The number of halogens is 3. The van der Waals surface area contributed by atoms with Gasteiger partial charge in [0.2, 0.25) is 0 Å². The molecule has 0 fully saturated rings. The number of nitrogens with zero attached hydrogens (tertiary/aromatic N) is 2. The lowest BCUT2D eigenvalue weighted by atomic mass is 10.0. The van der Waals surface area contributed by atoms with Crippen LogP contribution >= 0.6 is 0 Å². The maximum absolute atomic E-state index is 12.7. The molecule has 1 aromatic carbocycles. The van der Waals surface area contributed by atoms with Crippen LogP contribution in [0.3, 0.4) is 0 Å². The van der Waals surface area contributed by atoms with Gasteiger partial charge in [0, 0.05) is 31.1 Å². The average Bonchev–Trinajstić information content (AvgIpc) is 2.62. The Labute approximate surface area is 153 Å². The molecule has 2 aromatic heterocycles. The lowest BCUT2D eigenvalue weighted by Crippen LogP contribution is -2.29. The molecule has 0 aliphatic carbocycles. The zero-order valence-electron chi connectivity index (χ0n) is 15.0. The molecule has 27 heavy (non-hydrogen) atoms. The van der Waals surface area contributed by atoms with Crippen LogP contribution < -0.4 is 16.0 Å². The fourth-order valence-corrected chi connectivity index (χ4v) is 3.04. The summed E-state index contributed by atoms with van der Waals surface area (Å²) in [5.41, 5.74) is 7.02. The zero-order chi connectivity index (χ0) is 19.8. The smallest absolute Gasteiger partial charge is 0.389 e. The Morgan fingerprint density at radius 1 is 1.26 bits per heavy atom. The van der Waals surface area contributed by atoms with E-state index in [9.17, 15) is 18.0 Å². The van der Waals surface area contributed by atoms with Crippen molar-refractivity contribution in [3.8, 4) is 5.75 Å². The summed E-state index contributed by atoms with van der Waals surface area (Å²) in [7, 11) is 1.67. The van der Waals surface area contributed by atoms with Crippen molar-refractivity contribution in [3.63, 3.8) is 0 Å². The zero-order valence-corrected chi connectivity index (χ0v) is 15.0. The van der Waals surface area contributed by atoms with E-state index in [1.54, 1.807) is 25.5 Å². The molecular formula is C19H20F3N3O2. The Kier molecular flexibility index (Phi) is 5.10. The van der Waals surface area contributed by atoms with Gasteiger partial charge in [-0.25, -0.2) is 0 Å². The second-order valence-electron chi connectivity index (χ2n) is 6.65. The van der Waals surface area contributed by atoms with Crippen LogP contribution in [0.1, 0.15) is 18.4 Å². The first-order valence-electron chi connectivity index (χ1n) is 8.49. The van der Waals surface area contributed by atoms with Crippen molar-refractivity contribution in [1.82, 2.24) is 9.55 Å². The number of aryl methyl sites for hydroxylation is 2. The van der Waals surface area contributed by atoms with Gasteiger partial charge in [-0.1, -0.05) is 0 Å². The molecule has 0 aliphatic heterocycles. The van der Waals surface area contributed by atoms with Gasteiger partial charge in [-0.2, -0.15) is 13.2 Å². The minimum absolute atomic E-state index is 0.0553. The summed E-state index contributed by atoms with van der Waals surface area (Å²) >= 11 is 0. The monoisotopic (exact) mass is 379 g/mol. The van der Waals surface area contributed by atoms with Crippen LogP contribution in [0, 0.1) is 6.92 Å². The van der Waals surface area contributed by atoms with Crippen molar-refractivity contribution in [2.75, 3.05) is 6.61 Å². The van der Waals surface area contributed by atoms with Gasteiger partial charge < -0.3 is 15.0 Å². The quantitative estimate of drug-likeness (QED) is 0.690. The highest BCUT2D eigenvalue weighted by molar-refractivity contribution is 6.06. The molecule has 1 atom stereocenters. The van der Waals surface area contributed by atoms with Crippen LogP contribution in [0.25, 0.3) is 21.7 Å². The summed E-state index contributed by atoms with van der Waals surface area (Å²) in [4.78, 5) is 16.8. The number of pyridine rings is 2. The molecule has 2 heterocycles. The average molecular weight is 379 g/mol. The maximum atomic E-state index is 12.7. The first-order chi connectivity index (χ1) is 12.7. The van der Waals surface area contributed by atoms with Crippen molar-refractivity contribution in [1.29, 1.82) is 0 Å². The predicted molar refractivity (Wildman–Crippen MR) is 98.0 cm³/mol. The van der Waals surface area contributed by atoms with E-state index in [1.807, 2.05) is 19.1 Å². The van der Waals surface area contributed by atoms with E-state index < -0.39 is 18.6 Å². The molecule has 5 nitrogen and oxygen atoms in total. The highest BCUT2D eigenvalue weighted by Gasteiger charge is 2.27. The van der Waals surface area contributed by atoms with Gasteiger partial charge in [-0.3, -0.25) is 9.78 Å². The molecule has 8 heteroatoms. The molecule has 0 radical (unpaired) electrons. The van der Waals surface area contributed by atoms with Crippen LogP contribution in [-0.4, -0.2) is 28.4 Å². The standard InChI is InChI=1S/C19H20F3N3O2/c1-11-7-14-13-4-6-24-9-16(13)25(2)18(26)15(14)8-17(11)27-10-12(23)3-5-19(20,21)22/h4,6-9,12H,3,5,10,23H2,1-2H3. The minimum Gasteiger partial charge on any atom is -0.492 e. The Hall–Kier alpha value is -2.61. The van der Waals surface area contributed by atoms with E-state index in [0.717, 1.165) is 21.9 Å². The van der Waals surface area contributed by atoms with Gasteiger partial charge in [0.1, 0.15) is 12.4 Å². The molecule has 0 spiro atoms. The van der Waals surface area contributed by atoms with Gasteiger partial charge in [0.25, 0.3) is 5.56 Å². The number of ether oxygens (including phenoxy) is 1. The third-order valence-corrected chi connectivity index (χ3v) is 4.55. The number of aromatic nitrogens is 2. The summed E-state index contributed by atoms with van der Waals surface area (Å²) in [6.07, 6.45) is -2.11. The van der Waals surface area contributed by atoms with Crippen molar-refractivity contribution >= 4 is 21.7 Å². The molecule has 3 aromatic rings. The van der Waals surface area contributed by atoms with Gasteiger partial charge in [0.15, 0.2) is 0 Å². The first kappa shape index (κ1) is 19.2. The van der Waals surface area contributed by atoms with Gasteiger partial charge >= 0.3 is 6.18 Å². The fraction of sp³-hybridized carbons (Fsp3) is 0.368. The highest BCUT2D eigenvalue weighted by Crippen LogP contribution is 2.29. The summed E-state index contributed by atoms with van der Waals surface area (Å²) in [6.45, 7) is 1.76. The number of hydrogen-bond acceptors (Lipinski definition) is 4. The Balaban J connectivity index is 1.92. The van der Waals surface area contributed by atoms with Crippen molar-refractivity contribution in [2.45, 2.75) is 32.0 Å². The van der Waals surface area contributed by atoms with Crippen LogP contribution in [-0.2, 0) is 7.05 Å². The van der Waals surface area contributed by atoms with Gasteiger partial charge in [-0.05, 0) is 42.5 Å². The second kappa shape index (κ2) is 7.19. The summed E-state index contributed by atoms with van der Waals surface area (Å²) in [5.74, 6) is 0.440. The molecular weight excluding hydrogens is 359 g/mol. The van der Waals surface area contributed by atoms with E-state index in [0.29, 0.717) is 11.1 Å². The van der Waals surface area contributed by atoms with E-state index in [-0.39, 0.29) is 18.6 Å². The molecule has 0 saturated carbocycles. The number of benzene rings is 1. The Bertz CT molecular complexity index is 1040. The van der Waals surface area contributed by atoms with Crippen molar-refractivity contribution in [3.05, 3.63) is 46.5 Å². The van der Waals surface area contributed by atoms with E-state index >= 15 is 0 Å². The van der Waals surface area contributed by atoms with Gasteiger partial charge in [0.05, 0.1) is 17.1 Å². The number of nitrogens with two attached hydrogens (primary N) is 1. The second-order valence-corrected chi connectivity index (χ2v) is 6.65.